The molecule has 0 aliphatic rings. The normalized spacial score (nSPS) is 14.4. The second-order valence-corrected chi connectivity index (χ2v) is 6.52. The number of alkyl halides is 3. The van der Waals surface area contributed by atoms with Gasteiger partial charge < -0.3 is 0 Å². The zero-order chi connectivity index (χ0) is 14.7. The average Bonchev–Trinajstić information content (AvgIpc) is 2.27. The largest absolute Gasteiger partial charge is 0.416 e. The number of hydrazine groups is 1. The van der Waals surface area contributed by atoms with Crippen LogP contribution >= 0.6 is 0 Å². The Labute approximate surface area is 109 Å². The van der Waals surface area contributed by atoms with Gasteiger partial charge in [-0.3, -0.25) is 11.3 Å². The molecular weight excluding hydrogens is 281 g/mol. The SMILES string of the molecule is CS(=O)(=O)CCC(NN)c1cccc(C(F)(F)F)c1. The molecule has 4 nitrogen and oxygen atoms in total. The molecule has 0 heterocycles. The molecule has 1 aromatic carbocycles. The highest BCUT2D eigenvalue weighted by Gasteiger charge is 2.30. The van der Waals surface area contributed by atoms with Crippen molar-refractivity contribution >= 4 is 9.84 Å². The van der Waals surface area contributed by atoms with Gasteiger partial charge in [0.25, 0.3) is 0 Å². The van der Waals surface area contributed by atoms with E-state index in [1.165, 1.54) is 12.1 Å². The predicted molar refractivity (Wildman–Crippen MR) is 65.8 cm³/mol. The molecule has 0 spiro atoms. The lowest BCUT2D eigenvalue weighted by atomic mass is 10.0. The van der Waals surface area contributed by atoms with Crippen LogP contribution in [0.1, 0.15) is 23.6 Å². The molecule has 8 heteroatoms. The van der Waals surface area contributed by atoms with Crippen LogP contribution < -0.4 is 11.3 Å². The van der Waals surface area contributed by atoms with Crippen LogP contribution in [0.5, 0.6) is 0 Å². The van der Waals surface area contributed by atoms with Gasteiger partial charge in [0.05, 0.1) is 11.3 Å². The summed E-state index contributed by atoms with van der Waals surface area (Å²) in [5, 5.41) is 0. The molecule has 0 aliphatic carbocycles. The lowest BCUT2D eigenvalue weighted by Crippen LogP contribution is -2.29. The molecule has 0 aromatic heterocycles. The van der Waals surface area contributed by atoms with E-state index in [0.29, 0.717) is 5.56 Å². The van der Waals surface area contributed by atoms with Crippen LogP contribution in [0.4, 0.5) is 13.2 Å². The summed E-state index contributed by atoms with van der Waals surface area (Å²) in [5.41, 5.74) is 1.86. The highest BCUT2D eigenvalue weighted by atomic mass is 32.2. The number of rotatable bonds is 5. The van der Waals surface area contributed by atoms with E-state index < -0.39 is 27.6 Å². The molecule has 0 amide bonds. The van der Waals surface area contributed by atoms with E-state index in [1.807, 2.05) is 0 Å². The smallest absolute Gasteiger partial charge is 0.271 e. The number of nitrogens with two attached hydrogens (primary N) is 1. The summed E-state index contributed by atoms with van der Waals surface area (Å²) >= 11 is 0. The molecule has 108 valence electrons. The van der Waals surface area contributed by atoms with Gasteiger partial charge in [0.2, 0.25) is 0 Å². The van der Waals surface area contributed by atoms with Crippen molar-refractivity contribution in [2.24, 2.45) is 5.84 Å². The third-order valence-electron chi connectivity index (χ3n) is 2.59. The van der Waals surface area contributed by atoms with Gasteiger partial charge >= 0.3 is 6.18 Å². The molecule has 1 aromatic rings. The third-order valence-corrected chi connectivity index (χ3v) is 3.57. The van der Waals surface area contributed by atoms with Crippen LogP contribution in [0.15, 0.2) is 24.3 Å². The maximum atomic E-state index is 12.6. The third kappa shape index (κ3) is 5.17. The molecule has 19 heavy (non-hydrogen) atoms. The second-order valence-electron chi connectivity index (χ2n) is 4.26. The van der Waals surface area contributed by atoms with Gasteiger partial charge in [0.1, 0.15) is 9.84 Å². The van der Waals surface area contributed by atoms with Crippen molar-refractivity contribution in [1.29, 1.82) is 0 Å². The predicted octanol–water partition coefficient (Wildman–Crippen LogP) is 1.64. The van der Waals surface area contributed by atoms with Crippen LogP contribution in [-0.2, 0) is 16.0 Å². The minimum atomic E-state index is -4.44. The van der Waals surface area contributed by atoms with Gasteiger partial charge in [0.15, 0.2) is 0 Å². The Bertz CT molecular complexity index is 529. The summed E-state index contributed by atoms with van der Waals surface area (Å²) in [7, 11) is -3.19. The van der Waals surface area contributed by atoms with E-state index in [9.17, 15) is 21.6 Å². The average molecular weight is 296 g/mol. The zero-order valence-corrected chi connectivity index (χ0v) is 11.1. The summed E-state index contributed by atoms with van der Waals surface area (Å²) in [6, 6.07) is 4.02. The van der Waals surface area contributed by atoms with E-state index in [0.717, 1.165) is 18.4 Å². The Morgan fingerprint density at radius 2 is 2.00 bits per heavy atom. The van der Waals surface area contributed by atoms with E-state index in [2.05, 4.69) is 5.43 Å². The number of halogens is 3. The first-order chi connectivity index (χ1) is 8.63. The first kappa shape index (κ1) is 15.9. The van der Waals surface area contributed by atoms with Gasteiger partial charge in [0, 0.05) is 12.3 Å². The molecule has 0 saturated carbocycles. The van der Waals surface area contributed by atoms with Crippen molar-refractivity contribution in [3.8, 4) is 0 Å². The first-order valence-corrected chi connectivity index (χ1v) is 7.50. The highest BCUT2D eigenvalue weighted by molar-refractivity contribution is 7.90. The van der Waals surface area contributed by atoms with Crippen LogP contribution in [0.25, 0.3) is 0 Å². The Hall–Kier alpha value is -1.12. The molecular formula is C11H15F3N2O2S. The van der Waals surface area contributed by atoms with Crippen LogP contribution in [0.3, 0.4) is 0 Å². The summed E-state index contributed by atoms with van der Waals surface area (Å²) in [5.74, 6) is 5.11. The molecule has 1 rings (SSSR count). The van der Waals surface area contributed by atoms with Crippen molar-refractivity contribution in [2.45, 2.75) is 18.6 Å². The van der Waals surface area contributed by atoms with Gasteiger partial charge in [-0.05, 0) is 24.1 Å². The molecule has 1 unspecified atom stereocenters. The van der Waals surface area contributed by atoms with E-state index in [4.69, 9.17) is 5.84 Å². The van der Waals surface area contributed by atoms with Crippen molar-refractivity contribution in [3.63, 3.8) is 0 Å². The van der Waals surface area contributed by atoms with Gasteiger partial charge in [-0.2, -0.15) is 13.2 Å². The van der Waals surface area contributed by atoms with Gasteiger partial charge in [-0.15, -0.1) is 0 Å². The van der Waals surface area contributed by atoms with Gasteiger partial charge in [-0.1, -0.05) is 12.1 Å². The van der Waals surface area contributed by atoms with E-state index in [1.54, 1.807) is 0 Å². The fraction of sp³-hybridized carbons (Fsp3) is 0.455. The van der Waals surface area contributed by atoms with Crippen molar-refractivity contribution in [3.05, 3.63) is 35.4 Å². The molecule has 0 saturated heterocycles. The molecule has 0 fully saturated rings. The fourth-order valence-corrected chi connectivity index (χ4v) is 2.27. The molecule has 0 aliphatic heterocycles. The minimum absolute atomic E-state index is 0.108. The standard InChI is InChI=1S/C11H15F3N2O2S/c1-19(17,18)6-5-10(16-15)8-3-2-4-9(7-8)11(12,13)14/h2-4,7,10,16H,5-6,15H2,1H3. The highest BCUT2D eigenvalue weighted by Crippen LogP contribution is 2.31. The summed E-state index contributed by atoms with van der Waals surface area (Å²) in [4.78, 5) is 0. The topological polar surface area (TPSA) is 72.2 Å². The quantitative estimate of drug-likeness (QED) is 0.640. The lowest BCUT2D eigenvalue weighted by Gasteiger charge is -2.17. The number of nitrogens with one attached hydrogen (secondary N) is 1. The van der Waals surface area contributed by atoms with Crippen molar-refractivity contribution < 1.29 is 21.6 Å². The van der Waals surface area contributed by atoms with Crippen molar-refractivity contribution in [2.75, 3.05) is 12.0 Å². The summed E-state index contributed by atoms with van der Waals surface area (Å²) < 4.78 is 59.8. The monoisotopic (exact) mass is 296 g/mol. The van der Waals surface area contributed by atoms with Crippen molar-refractivity contribution in [1.82, 2.24) is 5.43 Å². The minimum Gasteiger partial charge on any atom is -0.271 e. The van der Waals surface area contributed by atoms with E-state index >= 15 is 0 Å². The fourth-order valence-electron chi connectivity index (χ4n) is 1.61. The second kappa shape index (κ2) is 5.89. The van der Waals surface area contributed by atoms with E-state index in [-0.39, 0.29) is 12.2 Å². The maximum Gasteiger partial charge on any atom is 0.416 e. The maximum absolute atomic E-state index is 12.6. The summed E-state index contributed by atoms with van der Waals surface area (Å²) in [6.45, 7) is 0. The summed E-state index contributed by atoms with van der Waals surface area (Å²) in [6.07, 6.45) is -3.27. The number of hydrogen-bond donors (Lipinski definition) is 2. The molecule has 0 bridgehead atoms. The molecule has 1 atom stereocenters. The number of sulfone groups is 1. The Morgan fingerprint density at radius 3 is 2.47 bits per heavy atom. The van der Waals surface area contributed by atoms with Crippen LogP contribution in [0.2, 0.25) is 0 Å². The number of benzene rings is 1. The Kier molecular flexibility index (Phi) is 4.94. The van der Waals surface area contributed by atoms with Gasteiger partial charge in [-0.25, -0.2) is 8.42 Å². The van der Waals surface area contributed by atoms with Crippen LogP contribution in [-0.4, -0.2) is 20.4 Å². The van der Waals surface area contributed by atoms with Crippen LogP contribution in [0, 0.1) is 0 Å². The molecule has 3 N–H and O–H groups in total. The first-order valence-electron chi connectivity index (χ1n) is 5.44. The molecule has 0 radical (unpaired) electrons. The Morgan fingerprint density at radius 1 is 1.37 bits per heavy atom. The lowest BCUT2D eigenvalue weighted by molar-refractivity contribution is -0.137. The zero-order valence-electron chi connectivity index (χ0n) is 10.2. The Balaban J connectivity index is 2.93. The number of hydrogen-bond acceptors (Lipinski definition) is 4.